The van der Waals surface area contributed by atoms with E-state index in [0.717, 1.165) is 56.8 Å². The highest BCUT2D eigenvalue weighted by molar-refractivity contribution is 6.03. The van der Waals surface area contributed by atoms with Crippen molar-refractivity contribution in [1.29, 1.82) is 0 Å². The molecule has 1 saturated heterocycles. The number of piperidine rings is 1. The molecule has 9 nitrogen and oxygen atoms in total. The van der Waals surface area contributed by atoms with Crippen molar-refractivity contribution in [1.82, 2.24) is 19.6 Å². The number of carbonyl (C=O) groups is 2. The van der Waals surface area contributed by atoms with Crippen LogP contribution in [0.3, 0.4) is 0 Å². The molecule has 0 spiro atoms. The van der Waals surface area contributed by atoms with Crippen molar-refractivity contribution in [3.05, 3.63) is 72.3 Å². The minimum absolute atomic E-state index is 0. The Morgan fingerprint density at radius 2 is 1.73 bits per heavy atom. The number of anilines is 1. The molecule has 9 heteroatoms. The first-order valence-electron chi connectivity index (χ1n) is 13.5. The van der Waals surface area contributed by atoms with E-state index >= 15 is 0 Å². The van der Waals surface area contributed by atoms with Crippen LogP contribution in [0.4, 0.5) is 5.82 Å². The summed E-state index contributed by atoms with van der Waals surface area (Å²) in [4.78, 5) is 29.2. The maximum atomic E-state index is 12.6. The van der Waals surface area contributed by atoms with Gasteiger partial charge in [0.2, 0.25) is 5.91 Å². The lowest BCUT2D eigenvalue weighted by atomic mass is 9.87. The number of carbonyl (C=O) groups excluding carboxylic acids is 2. The standard InChI is InChI=1S/C30H36N6O3.CH4/c1-34(2)18-6-9-26(37)35-19-15-21(16-20-35)25-14-17-32-30-27(29(31)38)28(33-36(25)30)22-10-12-24(13-11-22)39-23-7-4-3-5-8-23;/h3-13,21,25,32H,14-20H2,1-2H3,(H2,31,38);1H4/b9-6+;. The van der Waals surface area contributed by atoms with Gasteiger partial charge in [-0.25, -0.2) is 4.68 Å². The second-order valence-electron chi connectivity index (χ2n) is 10.4. The fourth-order valence-corrected chi connectivity index (χ4v) is 5.46. The number of ether oxygens (including phenoxy) is 1. The zero-order valence-electron chi connectivity index (χ0n) is 22.5. The Morgan fingerprint density at radius 3 is 2.38 bits per heavy atom. The van der Waals surface area contributed by atoms with Gasteiger partial charge in [-0.05, 0) is 75.7 Å². The van der Waals surface area contributed by atoms with Crippen molar-refractivity contribution in [2.75, 3.05) is 45.6 Å². The summed E-state index contributed by atoms with van der Waals surface area (Å²) in [5.41, 5.74) is 7.66. The quantitative estimate of drug-likeness (QED) is 0.395. The summed E-state index contributed by atoms with van der Waals surface area (Å²) >= 11 is 0. The highest BCUT2D eigenvalue weighted by Gasteiger charge is 2.35. The number of nitrogens with zero attached hydrogens (tertiary/aromatic N) is 4. The van der Waals surface area contributed by atoms with Gasteiger partial charge in [0, 0.05) is 37.8 Å². The highest BCUT2D eigenvalue weighted by atomic mass is 16.5. The summed E-state index contributed by atoms with van der Waals surface area (Å²) in [5, 5.41) is 8.31. The number of hydrogen-bond donors (Lipinski definition) is 2. The van der Waals surface area contributed by atoms with Crippen LogP contribution in [0.5, 0.6) is 11.5 Å². The number of para-hydroxylation sites is 1. The number of primary amides is 1. The Bertz CT molecular complexity index is 1330. The molecule has 3 aromatic rings. The van der Waals surface area contributed by atoms with Crippen LogP contribution in [-0.2, 0) is 4.79 Å². The van der Waals surface area contributed by atoms with Gasteiger partial charge in [-0.2, -0.15) is 5.10 Å². The number of nitrogens with one attached hydrogen (secondary N) is 1. The van der Waals surface area contributed by atoms with E-state index in [9.17, 15) is 9.59 Å². The normalized spacial score (nSPS) is 17.3. The van der Waals surface area contributed by atoms with Crippen LogP contribution in [0.15, 0.2) is 66.7 Å². The molecule has 2 aliphatic heterocycles. The zero-order valence-corrected chi connectivity index (χ0v) is 22.5. The van der Waals surface area contributed by atoms with Gasteiger partial charge in [0.1, 0.15) is 28.6 Å². The van der Waals surface area contributed by atoms with E-state index in [2.05, 4.69) is 5.32 Å². The van der Waals surface area contributed by atoms with Gasteiger partial charge in [-0.15, -0.1) is 0 Å². The maximum Gasteiger partial charge on any atom is 0.254 e. The predicted octanol–water partition coefficient (Wildman–Crippen LogP) is 4.79. The van der Waals surface area contributed by atoms with Gasteiger partial charge in [0.05, 0.1) is 6.04 Å². The Balaban J connectivity index is 0.00000370. The molecule has 1 atom stereocenters. The van der Waals surface area contributed by atoms with Crippen LogP contribution >= 0.6 is 0 Å². The van der Waals surface area contributed by atoms with Crippen LogP contribution in [0.1, 0.15) is 43.1 Å². The third kappa shape index (κ3) is 6.37. The molecule has 212 valence electrons. The average molecular weight is 545 g/mol. The fourth-order valence-electron chi connectivity index (χ4n) is 5.46. The van der Waals surface area contributed by atoms with Crippen molar-refractivity contribution in [2.24, 2.45) is 11.7 Å². The summed E-state index contributed by atoms with van der Waals surface area (Å²) in [6.45, 7) is 2.92. The maximum absolute atomic E-state index is 12.6. The fraction of sp³-hybridized carbons (Fsp3) is 0.387. The Hall–Kier alpha value is -4.11. The zero-order chi connectivity index (χ0) is 27.4. The second kappa shape index (κ2) is 12.8. The Labute approximate surface area is 236 Å². The molecule has 5 rings (SSSR count). The van der Waals surface area contributed by atoms with E-state index in [0.29, 0.717) is 28.7 Å². The van der Waals surface area contributed by atoms with Crippen LogP contribution in [0.25, 0.3) is 11.3 Å². The van der Waals surface area contributed by atoms with Crippen LogP contribution in [-0.4, -0.2) is 71.7 Å². The topological polar surface area (TPSA) is 106 Å². The van der Waals surface area contributed by atoms with Crippen molar-refractivity contribution < 1.29 is 14.3 Å². The van der Waals surface area contributed by atoms with Crippen molar-refractivity contribution in [3.8, 4) is 22.8 Å². The van der Waals surface area contributed by atoms with Gasteiger partial charge in [-0.3, -0.25) is 9.59 Å². The minimum atomic E-state index is -0.506. The molecular formula is C31H40N6O3. The van der Waals surface area contributed by atoms with Crippen molar-refractivity contribution in [2.45, 2.75) is 32.7 Å². The van der Waals surface area contributed by atoms with E-state index in [1.54, 1.807) is 6.08 Å². The van der Waals surface area contributed by atoms with E-state index in [4.69, 9.17) is 15.6 Å². The molecule has 1 unspecified atom stereocenters. The van der Waals surface area contributed by atoms with Gasteiger partial charge >= 0.3 is 0 Å². The first-order valence-corrected chi connectivity index (χ1v) is 13.5. The van der Waals surface area contributed by atoms with Gasteiger partial charge in [0.15, 0.2) is 0 Å². The van der Waals surface area contributed by atoms with E-state index < -0.39 is 5.91 Å². The third-order valence-electron chi connectivity index (χ3n) is 7.44. The number of aromatic nitrogens is 2. The summed E-state index contributed by atoms with van der Waals surface area (Å²) < 4.78 is 7.88. The number of nitrogens with two attached hydrogens (primary N) is 1. The smallest absolute Gasteiger partial charge is 0.254 e. The number of benzene rings is 2. The SMILES string of the molecule is C.CN(C)C/C=C/C(=O)N1CCC(C2CCNc3c(C(N)=O)c(-c4ccc(Oc5ccccc5)cc4)nn32)CC1. The molecule has 1 aromatic heterocycles. The van der Waals surface area contributed by atoms with Crippen LogP contribution in [0.2, 0.25) is 0 Å². The van der Waals surface area contributed by atoms with Gasteiger partial charge < -0.3 is 25.6 Å². The van der Waals surface area contributed by atoms with Crippen molar-refractivity contribution >= 4 is 17.6 Å². The van der Waals surface area contributed by atoms with E-state index in [1.165, 1.54) is 0 Å². The number of fused-ring (bicyclic) bond motifs is 1. The van der Waals surface area contributed by atoms with Gasteiger partial charge in [-0.1, -0.05) is 31.7 Å². The van der Waals surface area contributed by atoms with Gasteiger partial charge in [0.25, 0.3) is 5.91 Å². The second-order valence-corrected chi connectivity index (χ2v) is 10.4. The highest BCUT2D eigenvalue weighted by Crippen LogP contribution is 2.40. The molecule has 40 heavy (non-hydrogen) atoms. The molecule has 3 heterocycles. The molecule has 3 N–H and O–H groups in total. The van der Waals surface area contributed by atoms with E-state index in [-0.39, 0.29) is 19.4 Å². The third-order valence-corrected chi connectivity index (χ3v) is 7.44. The first kappa shape index (κ1) is 28.9. The lowest BCUT2D eigenvalue weighted by Crippen LogP contribution is -2.41. The molecule has 0 aliphatic carbocycles. The summed E-state index contributed by atoms with van der Waals surface area (Å²) in [6, 6.07) is 17.3. The average Bonchev–Trinajstić information content (AvgIpc) is 3.34. The lowest BCUT2D eigenvalue weighted by Gasteiger charge is -2.38. The number of hydrogen-bond acceptors (Lipinski definition) is 6. The summed E-state index contributed by atoms with van der Waals surface area (Å²) in [5.74, 6) is 2.06. The lowest BCUT2D eigenvalue weighted by molar-refractivity contribution is -0.127. The molecule has 0 bridgehead atoms. The largest absolute Gasteiger partial charge is 0.457 e. The van der Waals surface area contributed by atoms with Crippen LogP contribution in [0, 0.1) is 5.92 Å². The molecule has 0 radical (unpaired) electrons. The minimum Gasteiger partial charge on any atom is -0.457 e. The number of likely N-dealkylation sites (tertiary alicyclic amines) is 1. The first-order chi connectivity index (χ1) is 18.9. The molecule has 2 aliphatic rings. The monoisotopic (exact) mass is 544 g/mol. The van der Waals surface area contributed by atoms with E-state index in [1.807, 2.05) is 89.3 Å². The molecular weight excluding hydrogens is 504 g/mol. The van der Waals surface area contributed by atoms with Crippen molar-refractivity contribution in [3.63, 3.8) is 0 Å². The number of rotatable bonds is 8. The Morgan fingerprint density at radius 1 is 1.05 bits per heavy atom. The predicted molar refractivity (Wildman–Crippen MR) is 159 cm³/mol. The Kier molecular flexibility index (Phi) is 9.26. The summed E-state index contributed by atoms with van der Waals surface area (Å²) in [7, 11) is 3.96. The molecule has 2 amide bonds. The molecule has 0 saturated carbocycles. The van der Waals surface area contributed by atoms with Crippen LogP contribution < -0.4 is 15.8 Å². The summed E-state index contributed by atoms with van der Waals surface area (Å²) in [6.07, 6.45) is 6.27. The number of amides is 2. The molecule has 2 aromatic carbocycles. The molecule has 1 fully saturated rings. The number of likely N-dealkylation sites (N-methyl/N-ethyl adjacent to an activating group) is 1.